The number of aryl methyl sites for hydroxylation is 1. The molecule has 0 fully saturated rings. The molecular formula is C44H81N3O5S. The van der Waals surface area contributed by atoms with E-state index in [1.807, 2.05) is 10.8 Å². The highest BCUT2D eigenvalue weighted by Gasteiger charge is 2.26. The normalized spacial score (nSPS) is 11.9. The molecule has 53 heavy (non-hydrogen) atoms. The minimum atomic E-state index is -0.544. The summed E-state index contributed by atoms with van der Waals surface area (Å²) in [4.78, 5) is 43.2. The van der Waals surface area contributed by atoms with Gasteiger partial charge in [-0.1, -0.05) is 149 Å². The molecule has 0 spiro atoms. The van der Waals surface area contributed by atoms with Gasteiger partial charge in [-0.15, -0.1) is 0 Å². The van der Waals surface area contributed by atoms with Gasteiger partial charge in [-0.2, -0.15) is 11.8 Å². The lowest BCUT2D eigenvalue weighted by molar-refractivity contribution is -0.155. The van der Waals surface area contributed by atoms with Gasteiger partial charge in [0.1, 0.15) is 6.10 Å². The second-order valence-electron chi connectivity index (χ2n) is 15.2. The largest absolute Gasteiger partial charge is 0.466 e. The molecule has 0 aromatic carbocycles. The lowest BCUT2D eigenvalue weighted by atomic mass is 10.0. The summed E-state index contributed by atoms with van der Waals surface area (Å²) in [6.45, 7) is 8.52. The Morgan fingerprint density at radius 3 is 1.75 bits per heavy atom. The highest BCUT2D eigenvalue weighted by molar-refractivity contribution is 7.99. The molecule has 1 heterocycles. The van der Waals surface area contributed by atoms with Crippen LogP contribution < -0.4 is 5.32 Å². The maximum atomic E-state index is 13.7. The van der Waals surface area contributed by atoms with Gasteiger partial charge in [0.25, 0.3) is 0 Å². The Morgan fingerprint density at radius 1 is 0.698 bits per heavy atom. The highest BCUT2D eigenvalue weighted by Crippen LogP contribution is 2.22. The smallest absolute Gasteiger partial charge is 0.310 e. The minimum absolute atomic E-state index is 0.0982. The number of hydrogen-bond donors (Lipinski definition) is 1. The molecule has 0 radical (unpaired) electrons. The van der Waals surface area contributed by atoms with Crippen LogP contribution in [0.5, 0.6) is 0 Å². The van der Waals surface area contributed by atoms with E-state index in [1.54, 1.807) is 24.3 Å². The van der Waals surface area contributed by atoms with Crippen LogP contribution in [0.15, 0.2) is 18.7 Å². The second kappa shape index (κ2) is 36.9. The Labute approximate surface area is 329 Å². The predicted octanol–water partition coefficient (Wildman–Crippen LogP) is 11.8. The van der Waals surface area contributed by atoms with E-state index in [0.29, 0.717) is 31.1 Å². The van der Waals surface area contributed by atoms with Crippen molar-refractivity contribution in [3.63, 3.8) is 0 Å². The number of nitrogens with zero attached hydrogens (tertiary/aromatic N) is 2. The van der Waals surface area contributed by atoms with Gasteiger partial charge in [-0.3, -0.25) is 14.4 Å². The SMILES string of the molecule is CCCCCCCCCCCCCOC(=O)CCSCC(CC(=O)NCCCn1ccnc1)C(=O)OC(CCCCCCCC)CCCCCCCC. The van der Waals surface area contributed by atoms with Gasteiger partial charge in [-0.25, -0.2) is 4.98 Å². The maximum absolute atomic E-state index is 13.7. The zero-order chi connectivity index (χ0) is 38.5. The summed E-state index contributed by atoms with van der Waals surface area (Å²) in [6, 6.07) is 0. The van der Waals surface area contributed by atoms with E-state index in [4.69, 9.17) is 9.47 Å². The van der Waals surface area contributed by atoms with E-state index < -0.39 is 5.92 Å². The number of amides is 1. The molecule has 1 atom stereocenters. The number of nitrogens with one attached hydrogen (secondary N) is 1. The van der Waals surface area contributed by atoms with Crippen LogP contribution in [-0.4, -0.2) is 58.2 Å². The first-order valence-electron chi connectivity index (χ1n) is 22.2. The van der Waals surface area contributed by atoms with Crippen molar-refractivity contribution < 1.29 is 23.9 Å². The number of hydrogen-bond acceptors (Lipinski definition) is 7. The molecule has 1 unspecified atom stereocenters. The number of thioether (sulfide) groups is 1. The summed E-state index contributed by atoms with van der Waals surface area (Å²) in [6.07, 6.45) is 36.7. The molecule has 1 rings (SSSR count). The Bertz CT molecular complexity index is 960. The molecule has 8 nitrogen and oxygen atoms in total. The van der Waals surface area contributed by atoms with Gasteiger partial charge < -0.3 is 19.4 Å². The molecule has 0 aliphatic rings. The molecule has 308 valence electrons. The molecule has 1 N–H and O–H groups in total. The van der Waals surface area contributed by atoms with Gasteiger partial charge in [0.05, 0.1) is 25.3 Å². The molecular weight excluding hydrogens is 683 g/mol. The Morgan fingerprint density at radius 2 is 1.23 bits per heavy atom. The van der Waals surface area contributed by atoms with Gasteiger partial charge >= 0.3 is 11.9 Å². The van der Waals surface area contributed by atoms with Crippen molar-refractivity contribution in [3.05, 3.63) is 18.7 Å². The second-order valence-corrected chi connectivity index (χ2v) is 16.3. The monoisotopic (exact) mass is 764 g/mol. The Kier molecular flexibility index (Phi) is 34.1. The fourth-order valence-corrected chi connectivity index (χ4v) is 7.66. The van der Waals surface area contributed by atoms with Crippen molar-refractivity contribution in [1.29, 1.82) is 0 Å². The number of aromatic nitrogens is 2. The van der Waals surface area contributed by atoms with Gasteiger partial charge in [-0.05, 0) is 38.5 Å². The van der Waals surface area contributed by atoms with Crippen molar-refractivity contribution in [2.75, 3.05) is 24.7 Å². The summed E-state index contributed by atoms with van der Waals surface area (Å²) in [5.41, 5.74) is 0. The number of esters is 2. The van der Waals surface area contributed by atoms with Crippen LogP contribution in [0.3, 0.4) is 0 Å². The lowest BCUT2D eigenvalue weighted by Gasteiger charge is -2.22. The molecule has 0 saturated heterocycles. The molecule has 1 aromatic rings. The molecule has 0 saturated carbocycles. The summed E-state index contributed by atoms with van der Waals surface area (Å²) in [5.74, 6) is -0.116. The van der Waals surface area contributed by atoms with E-state index in [1.165, 1.54) is 122 Å². The molecule has 0 aliphatic carbocycles. The highest BCUT2D eigenvalue weighted by atomic mass is 32.2. The number of imidazole rings is 1. The van der Waals surface area contributed by atoms with E-state index in [0.717, 1.165) is 51.5 Å². The van der Waals surface area contributed by atoms with Crippen molar-refractivity contribution in [2.45, 2.75) is 213 Å². The van der Waals surface area contributed by atoms with Crippen molar-refractivity contribution >= 4 is 29.6 Å². The molecule has 1 aromatic heterocycles. The third-order valence-electron chi connectivity index (χ3n) is 10.1. The third kappa shape index (κ3) is 30.9. The minimum Gasteiger partial charge on any atom is -0.466 e. The standard InChI is InChI=1S/C44H81N3O5S/c1-4-7-10-13-16-17-18-19-20-23-26-35-51-43(49)30-36-53-38-40(37-42(48)46-31-27-33-47-34-32-45-39-47)44(50)52-41(28-24-21-14-11-8-5-2)29-25-22-15-12-9-6-3/h32,34,39-41H,4-31,33,35-38H2,1-3H3,(H,46,48). The van der Waals surface area contributed by atoms with Crippen LogP contribution in [0.4, 0.5) is 0 Å². The average Bonchev–Trinajstić information content (AvgIpc) is 3.68. The zero-order valence-corrected chi connectivity index (χ0v) is 35.4. The first-order valence-corrected chi connectivity index (χ1v) is 23.3. The van der Waals surface area contributed by atoms with Crippen LogP contribution in [0, 0.1) is 5.92 Å². The molecule has 1 amide bonds. The fourth-order valence-electron chi connectivity index (χ4n) is 6.65. The van der Waals surface area contributed by atoms with Crippen molar-refractivity contribution in [3.8, 4) is 0 Å². The number of carbonyl (C=O) groups excluding carboxylic acids is 3. The Hall–Kier alpha value is -2.03. The topological polar surface area (TPSA) is 99.5 Å². The first kappa shape index (κ1) is 49.0. The van der Waals surface area contributed by atoms with E-state index in [9.17, 15) is 14.4 Å². The predicted molar refractivity (Wildman–Crippen MR) is 223 cm³/mol. The van der Waals surface area contributed by atoms with Gasteiger partial charge in [0, 0.05) is 43.4 Å². The summed E-state index contributed by atoms with van der Waals surface area (Å²) >= 11 is 1.54. The summed E-state index contributed by atoms with van der Waals surface area (Å²) < 4.78 is 13.7. The van der Waals surface area contributed by atoms with E-state index in [-0.39, 0.29) is 30.4 Å². The van der Waals surface area contributed by atoms with Crippen LogP contribution in [0.25, 0.3) is 0 Å². The number of unbranched alkanes of at least 4 members (excludes halogenated alkanes) is 20. The quantitative estimate of drug-likeness (QED) is 0.0526. The third-order valence-corrected chi connectivity index (χ3v) is 11.2. The fraction of sp³-hybridized carbons (Fsp3) is 0.864. The number of ether oxygens (including phenoxy) is 2. The van der Waals surface area contributed by atoms with E-state index >= 15 is 0 Å². The molecule has 9 heteroatoms. The maximum Gasteiger partial charge on any atom is 0.310 e. The van der Waals surface area contributed by atoms with Gasteiger partial charge in [0.15, 0.2) is 0 Å². The van der Waals surface area contributed by atoms with Crippen LogP contribution in [0.2, 0.25) is 0 Å². The average molecular weight is 764 g/mol. The van der Waals surface area contributed by atoms with Crippen LogP contribution >= 0.6 is 11.8 Å². The summed E-state index contributed by atoms with van der Waals surface area (Å²) in [7, 11) is 0. The number of rotatable bonds is 39. The van der Waals surface area contributed by atoms with Crippen molar-refractivity contribution in [2.24, 2.45) is 5.92 Å². The zero-order valence-electron chi connectivity index (χ0n) is 34.6. The Balaban J connectivity index is 2.54. The number of carbonyl (C=O) groups is 3. The molecule has 0 bridgehead atoms. The molecule has 0 aliphatic heterocycles. The van der Waals surface area contributed by atoms with E-state index in [2.05, 4.69) is 31.1 Å². The van der Waals surface area contributed by atoms with Crippen LogP contribution in [0.1, 0.15) is 201 Å². The van der Waals surface area contributed by atoms with Crippen LogP contribution in [-0.2, 0) is 30.4 Å². The van der Waals surface area contributed by atoms with Crippen molar-refractivity contribution in [1.82, 2.24) is 14.9 Å². The lowest BCUT2D eigenvalue weighted by Crippen LogP contribution is -2.33. The van der Waals surface area contributed by atoms with Gasteiger partial charge in [0.2, 0.25) is 5.91 Å². The summed E-state index contributed by atoms with van der Waals surface area (Å²) in [5, 5.41) is 3.00. The first-order chi connectivity index (χ1) is 26.0.